The van der Waals surface area contributed by atoms with Gasteiger partial charge in [-0.15, -0.1) is 0 Å². The third-order valence-electron chi connectivity index (χ3n) is 3.51. The van der Waals surface area contributed by atoms with Gasteiger partial charge in [0.1, 0.15) is 0 Å². The molecule has 0 heterocycles. The van der Waals surface area contributed by atoms with Crippen LogP contribution in [0.4, 0.5) is 5.69 Å². The third kappa shape index (κ3) is 3.47. The van der Waals surface area contributed by atoms with E-state index < -0.39 is 0 Å². The minimum atomic E-state index is -0.223. The van der Waals surface area contributed by atoms with Crippen molar-refractivity contribution in [3.63, 3.8) is 0 Å². The summed E-state index contributed by atoms with van der Waals surface area (Å²) in [5.74, 6) is 0. The Bertz CT molecular complexity index is 403. The van der Waals surface area contributed by atoms with Crippen LogP contribution in [0.1, 0.15) is 25.3 Å². The highest BCUT2D eigenvalue weighted by molar-refractivity contribution is 5.48. The molecule has 3 nitrogen and oxygen atoms in total. The molecule has 0 radical (unpaired) electrons. The van der Waals surface area contributed by atoms with Gasteiger partial charge in [0.2, 0.25) is 0 Å². The molecule has 1 unspecified atom stereocenters. The molecule has 0 spiro atoms. The molecule has 100 valence electrons. The zero-order chi connectivity index (χ0) is 13.2. The molecule has 18 heavy (non-hydrogen) atoms. The maximum absolute atomic E-state index is 9.62. The van der Waals surface area contributed by atoms with E-state index in [0.717, 1.165) is 6.54 Å². The highest BCUT2D eigenvalue weighted by Gasteiger charge is 2.32. The summed E-state index contributed by atoms with van der Waals surface area (Å²) in [6.45, 7) is 5.17. The van der Waals surface area contributed by atoms with Crippen molar-refractivity contribution in [3.05, 3.63) is 29.8 Å². The summed E-state index contributed by atoms with van der Waals surface area (Å²) in [6.07, 6.45) is 2.48. The van der Waals surface area contributed by atoms with Crippen molar-refractivity contribution in [3.8, 4) is 0 Å². The molecule has 0 aromatic heterocycles. The molecule has 1 aromatic rings. The van der Waals surface area contributed by atoms with Crippen LogP contribution in [0.5, 0.6) is 0 Å². The van der Waals surface area contributed by atoms with Crippen LogP contribution in [0.25, 0.3) is 0 Å². The van der Waals surface area contributed by atoms with Gasteiger partial charge in [-0.3, -0.25) is 0 Å². The van der Waals surface area contributed by atoms with E-state index in [1.165, 1.54) is 24.1 Å². The normalized spacial score (nSPS) is 18.4. The quantitative estimate of drug-likeness (QED) is 0.807. The number of benzene rings is 1. The van der Waals surface area contributed by atoms with Crippen molar-refractivity contribution in [2.75, 3.05) is 25.1 Å². The van der Waals surface area contributed by atoms with Crippen LogP contribution in [0.3, 0.4) is 0 Å². The van der Waals surface area contributed by atoms with E-state index >= 15 is 0 Å². The van der Waals surface area contributed by atoms with Crippen LogP contribution in [-0.4, -0.2) is 36.9 Å². The van der Waals surface area contributed by atoms with Crippen LogP contribution in [0, 0.1) is 6.92 Å². The lowest BCUT2D eigenvalue weighted by molar-refractivity contribution is 0.177. The van der Waals surface area contributed by atoms with Gasteiger partial charge in [-0.05, 0) is 44.4 Å². The minimum Gasteiger partial charge on any atom is -0.394 e. The van der Waals surface area contributed by atoms with Crippen LogP contribution in [0.2, 0.25) is 0 Å². The van der Waals surface area contributed by atoms with Gasteiger partial charge in [0.25, 0.3) is 0 Å². The summed E-state index contributed by atoms with van der Waals surface area (Å²) in [4.78, 5) is 2.21. The Morgan fingerprint density at radius 3 is 2.72 bits per heavy atom. The summed E-state index contributed by atoms with van der Waals surface area (Å²) in [5.41, 5.74) is 2.24. The van der Waals surface area contributed by atoms with Crippen molar-refractivity contribution in [2.24, 2.45) is 0 Å². The van der Waals surface area contributed by atoms with Crippen molar-refractivity contribution >= 4 is 5.69 Å². The smallest absolute Gasteiger partial charge is 0.0628 e. The Hall–Kier alpha value is -1.06. The summed E-state index contributed by atoms with van der Waals surface area (Å²) in [5, 5.41) is 13.2. The molecule has 1 atom stereocenters. The second-order valence-corrected chi connectivity index (χ2v) is 5.83. The van der Waals surface area contributed by atoms with E-state index in [4.69, 9.17) is 0 Å². The monoisotopic (exact) mass is 248 g/mol. The maximum atomic E-state index is 9.62. The fraction of sp³-hybridized carbons (Fsp3) is 0.600. The molecule has 0 bridgehead atoms. The lowest BCUT2D eigenvalue weighted by Crippen LogP contribution is -2.54. The Morgan fingerprint density at radius 2 is 2.17 bits per heavy atom. The number of nitrogens with one attached hydrogen (secondary N) is 1. The highest BCUT2D eigenvalue weighted by atomic mass is 16.3. The van der Waals surface area contributed by atoms with Gasteiger partial charge in [0, 0.05) is 25.3 Å². The van der Waals surface area contributed by atoms with Crippen molar-refractivity contribution in [1.29, 1.82) is 0 Å². The largest absolute Gasteiger partial charge is 0.394 e. The topological polar surface area (TPSA) is 35.5 Å². The molecule has 1 saturated carbocycles. The maximum Gasteiger partial charge on any atom is 0.0628 e. The number of hydrogen-bond donors (Lipinski definition) is 2. The van der Waals surface area contributed by atoms with Crippen LogP contribution in [-0.2, 0) is 0 Å². The molecular weight excluding hydrogens is 224 g/mol. The second kappa shape index (κ2) is 5.29. The number of aryl methyl sites for hydroxylation is 1. The molecule has 2 N–H and O–H groups in total. The Balaban J connectivity index is 2.01. The SMILES string of the molecule is Cc1cccc(N(C)CC(C)(CO)NC2CC2)c1. The van der Waals surface area contributed by atoms with Gasteiger partial charge in [-0.1, -0.05) is 12.1 Å². The number of likely N-dealkylation sites (N-methyl/N-ethyl adjacent to an activating group) is 1. The first kappa shape index (κ1) is 13.4. The third-order valence-corrected chi connectivity index (χ3v) is 3.51. The fourth-order valence-corrected chi connectivity index (χ4v) is 2.34. The van der Waals surface area contributed by atoms with Gasteiger partial charge < -0.3 is 15.3 Å². The van der Waals surface area contributed by atoms with Crippen LogP contribution < -0.4 is 10.2 Å². The number of nitrogens with zero attached hydrogens (tertiary/aromatic N) is 1. The lowest BCUT2D eigenvalue weighted by Gasteiger charge is -2.34. The predicted molar refractivity (Wildman–Crippen MR) is 76.1 cm³/mol. The predicted octanol–water partition coefficient (Wildman–Crippen LogP) is 1.93. The van der Waals surface area contributed by atoms with E-state index in [1.807, 2.05) is 0 Å². The minimum absolute atomic E-state index is 0.166. The van der Waals surface area contributed by atoms with Crippen molar-refractivity contribution in [2.45, 2.75) is 38.3 Å². The van der Waals surface area contributed by atoms with E-state index in [9.17, 15) is 5.11 Å². The van der Waals surface area contributed by atoms with Crippen molar-refractivity contribution in [1.82, 2.24) is 5.32 Å². The van der Waals surface area contributed by atoms with E-state index in [1.54, 1.807) is 0 Å². The number of aliphatic hydroxyl groups excluding tert-OH is 1. The van der Waals surface area contributed by atoms with Crippen LogP contribution in [0.15, 0.2) is 24.3 Å². The molecule has 1 aliphatic carbocycles. The number of rotatable bonds is 6. The van der Waals surface area contributed by atoms with Gasteiger partial charge in [-0.25, -0.2) is 0 Å². The van der Waals surface area contributed by atoms with E-state index in [0.29, 0.717) is 6.04 Å². The zero-order valence-electron chi connectivity index (χ0n) is 11.6. The molecule has 2 rings (SSSR count). The number of hydrogen-bond acceptors (Lipinski definition) is 3. The molecule has 0 aliphatic heterocycles. The standard InChI is InChI=1S/C15H24N2O/c1-12-5-4-6-14(9-12)17(3)10-15(2,11-18)16-13-7-8-13/h4-6,9,13,16,18H,7-8,10-11H2,1-3H3. The summed E-state index contributed by atoms with van der Waals surface area (Å²) >= 11 is 0. The molecule has 1 aliphatic rings. The van der Waals surface area contributed by atoms with Gasteiger partial charge in [-0.2, -0.15) is 0 Å². The molecule has 3 heteroatoms. The molecule has 1 fully saturated rings. The Labute approximate surface area is 110 Å². The summed E-state index contributed by atoms with van der Waals surface area (Å²) in [7, 11) is 2.08. The molecule has 0 amide bonds. The van der Waals surface area contributed by atoms with Crippen LogP contribution >= 0.6 is 0 Å². The van der Waals surface area contributed by atoms with Crippen molar-refractivity contribution < 1.29 is 5.11 Å². The first-order valence-electron chi connectivity index (χ1n) is 6.69. The van der Waals surface area contributed by atoms with Gasteiger partial charge in [0.15, 0.2) is 0 Å². The van der Waals surface area contributed by atoms with Gasteiger partial charge in [0.05, 0.1) is 12.1 Å². The first-order valence-corrected chi connectivity index (χ1v) is 6.69. The number of aliphatic hydroxyl groups is 1. The first-order chi connectivity index (χ1) is 8.52. The van der Waals surface area contributed by atoms with E-state index in [-0.39, 0.29) is 12.1 Å². The molecular formula is C15H24N2O. The average molecular weight is 248 g/mol. The van der Waals surface area contributed by atoms with Gasteiger partial charge >= 0.3 is 0 Å². The average Bonchev–Trinajstić information content (AvgIpc) is 3.12. The zero-order valence-corrected chi connectivity index (χ0v) is 11.6. The molecule has 0 saturated heterocycles. The lowest BCUT2D eigenvalue weighted by atomic mass is 10.0. The Kier molecular flexibility index (Phi) is 3.93. The summed E-state index contributed by atoms with van der Waals surface area (Å²) < 4.78 is 0. The number of anilines is 1. The Morgan fingerprint density at radius 1 is 1.44 bits per heavy atom. The fourth-order valence-electron chi connectivity index (χ4n) is 2.34. The highest BCUT2D eigenvalue weighted by Crippen LogP contribution is 2.24. The second-order valence-electron chi connectivity index (χ2n) is 5.83. The molecule has 1 aromatic carbocycles. The van der Waals surface area contributed by atoms with E-state index in [2.05, 4.69) is 55.4 Å². The summed E-state index contributed by atoms with van der Waals surface area (Å²) in [6, 6.07) is 9.07.